The van der Waals surface area contributed by atoms with Crippen LogP contribution < -0.4 is 11.1 Å². The second-order valence-corrected chi connectivity index (χ2v) is 6.98. The van der Waals surface area contributed by atoms with Gasteiger partial charge in [0.2, 0.25) is 5.91 Å². The fourth-order valence-corrected chi connectivity index (χ4v) is 3.32. The van der Waals surface area contributed by atoms with Crippen LogP contribution in [0.3, 0.4) is 0 Å². The van der Waals surface area contributed by atoms with Crippen molar-refractivity contribution in [1.82, 2.24) is 4.90 Å². The van der Waals surface area contributed by atoms with Crippen molar-refractivity contribution in [2.75, 3.05) is 18.4 Å². The maximum absolute atomic E-state index is 12.6. The van der Waals surface area contributed by atoms with Gasteiger partial charge in [-0.05, 0) is 53.3 Å². The first kappa shape index (κ1) is 15.7. The summed E-state index contributed by atoms with van der Waals surface area (Å²) in [6.45, 7) is 5.31. The summed E-state index contributed by atoms with van der Waals surface area (Å²) in [4.78, 5) is 25.5. The van der Waals surface area contributed by atoms with Crippen molar-refractivity contribution in [3.63, 3.8) is 0 Å². The predicted octanol–water partition coefficient (Wildman–Crippen LogP) is 2.66. The van der Waals surface area contributed by atoms with Gasteiger partial charge in [-0.25, -0.2) is 0 Å². The van der Waals surface area contributed by atoms with Gasteiger partial charge in [-0.15, -0.1) is 0 Å². The molecule has 1 saturated carbocycles. The first-order chi connectivity index (χ1) is 12.0. The molecule has 25 heavy (non-hydrogen) atoms. The molecule has 0 radical (unpaired) electrons. The van der Waals surface area contributed by atoms with Crippen molar-refractivity contribution in [2.24, 2.45) is 11.7 Å². The van der Waals surface area contributed by atoms with E-state index in [1.165, 1.54) is 12.8 Å². The normalized spacial score (nSPS) is 16.2. The molecule has 1 fully saturated rings. The summed E-state index contributed by atoms with van der Waals surface area (Å²) in [5.74, 6) is 0.157. The van der Waals surface area contributed by atoms with E-state index < -0.39 is 5.91 Å². The molecule has 0 unspecified atom stereocenters. The molecular weight excluding hydrogens is 314 g/mol. The van der Waals surface area contributed by atoms with Crippen molar-refractivity contribution in [3.05, 3.63) is 53.6 Å². The van der Waals surface area contributed by atoms with E-state index in [0.29, 0.717) is 12.1 Å². The van der Waals surface area contributed by atoms with Crippen molar-refractivity contribution in [1.29, 1.82) is 0 Å². The minimum Gasteiger partial charge on any atom is -0.385 e. The number of anilines is 1. The third-order valence-electron chi connectivity index (χ3n) is 5.02. The van der Waals surface area contributed by atoms with E-state index in [1.54, 1.807) is 4.90 Å². The number of nitrogens with one attached hydrogen (secondary N) is 1. The van der Waals surface area contributed by atoms with Crippen molar-refractivity contribution >= 4 is 28.3 Å². The third kappa shape index (κ3) is 2.97. The number of nitrogens with two attached hydrogens (primary N) is 1. The number of rotatable bonds is 6. The summed E-state index contributed by atoms with van der Waals surface area (Å²) >= 11 is 0. The van der Waals surface area contributed by atoms with Crippen LogP contribution in [0.15, 0.2) is 42.5 Å². The highest BCUT2D eigenvalue weighted by atomic mass is 16.2. The molecule has 5 nitrogen and oxygen atoms in total. The van der Waals surface area contributed by atoms with Gasteiger partial charge in [-0.1, -0.05) is 18.7 Å². The minimum absolute atomic E-state index is 0.0735. The fraction of sp³-hybridized carbons (Fsp3) is 0.300. The summed E-state index contributed by atoms with van der Waals surface area (Å²) < 4.78 is 0. The smallest absolute Gasteiger partial charge is 0.254 e. The zero-order valence-electron chi connectivity index (χ0n) is 14.0. The molecule has 0 spiro atoms. The molecule has 0 saturated heterocycles. The molecule has 2 aromatic rings. The molecule has 1 aliphatic carbocycles. The van der Waals surface area contributed by atoms with E-state index in [2.05, 4.69) is 30.1 Å². The Bertz CT molecular complexity index is 899. The number of benzene rings is 2. The molecule has 5 heteroatoms. The highest BCUT2D eigenvalue weighted by Gasteiger charge is 2.29. The first-order valence-corrected chi connectivity index (χ1v) is 8.59. The minimum atomic E-state index is -0.569. The Morgan fingerprint density at radius 1 is 1.28 bits per heavy atom. The second kappa shape index (κ2) is 5.92. The highest BCUT2D eigenvalue weighted by Crippen LogP contribution is 2.33. The Kier molecular flexibility index (Phi) is 3.71. The second-order valence-electron chi connectivity index (χ2n) is 6.98. The number of amides is 2. The zero-order chi connectivity index (χ0) is 17.6. The van der Waals surface area contributed by atoms with Crippen molar-refractivity contribution in [3.8, 4) is 0 Å². The van der Waals surface area contributed by atoms with Gasteiger partial charge in [-0.2, -0.15) is 0 Å². The van der Waals surface area contributed by atoms with Gasteiger partial charge >= 0.3 is 0 Å². The van der Waals surface area contributed by atoms with Crippen LogP contribution in [-0.2, 0) is 11.3 Å². The van der Waals surface area contributed by atoms with Crippen LogP contribution >= 0.6 is 0 Å². The van der Waals surface area contributed by atoms with Crippen molar-refractivity contribution in [2.45, 2.75) is 19.4 Å². The molecule has 2 amide bonds. The maximum Gasteiger partial charge on any atom is 0.254 e. The molecule has 1 heterocycles. The Labute approximate surface area is 146 Å². The van der Waals surface area contributed by atoms with Crippen LogP contribution in [0, 0.1) is 5.92 Å². The molecule has 3 N–H and O–H groups in total. The first-order valence-electron chi connectivity index (χ1n) is 8.59. The van der Waals surface area contributed by atoms with Gasteiger partial charge in [0.25, 0.3) is 5.91 Å². The van der Waals surface area contributed by atoms with Gasteiger partial charge in [0, 0.05) is 29.9 Å². The summed E-state index contributed by atoms with van der Waals surface area (Å²) in [7, 11) is 0. The largest absolute Gasteiger partial charge is 0.385 e. The molecule has 0 atom stereocenters. The van der Waals surface area contributed by atoms with Crippen LogP contribution in [0.5, 0.6) is 0 Å². The van der Waals surface area contributed by atoms with E-state index in [-0.39, 0.29) is 18.0 Å². The lowest BCUT2D eigenvalue weighted by atomic mass is 10.0. The van der Waals surface area contributed by atoms with E-state index in [1.807, 2.05) is 12.1 Å². The number of carbonyl (C=O) groups excluding carboxylic acids is 2. The number of nitrogens with zero attached hydrogens (tertiary/aromatic N) is 1. The van der Waals surface area contributed by atoms with Gasteiger partial charge in [0.15, 0.2) is 0 Å². The van der Waals surface area contributed by atoms with Crippen LogP contribution in [0.1, 0.15) is 28.8 Å². The molecule has 1 aliphatic heterocycles. The van der Waals surface area contributed by atoms with Gasteiger partial charge in [0.1, 0.15) is 0 Å². The van der Waals surface area contributed by atoms with Crippen LogP contribution in [0.25, 0.3) is 10.8 Å². The Morgan fingerprint density at radius 2 is 2.04 bits per heavy atom. The van der Waals surface area contributed by atoms with Crippen molar-refractivity contribution < 1.29 is 9.59 Å². The lowest BCUT2D eigenvalue weighted by molar-refractivity contribution is -0.114. The summed E-state index contributed by atoms with van der Waals surface area (Å²) in [5, 5.41) is 5.68. The summed E-state index contributed by atoms with van der Waals surface area (Å²) in [5.41, 5.74) is 8.29. The third-order valence-corrected chi connectivity index (χ3v) is 5.02. The van der Waals surface area contributed by atoms with Crippen LogP contribution in [0.4, 0.5) is 5.69 Å². The predicted molar refractivity (Wildman–Crippen MR) is 98.2 cm³/mol. The lowest BCUT2D eigenvalue weighted by Crippen LogP contribution is -2.30. The Morgan fingerprint density at radius 3 is 2.76 bits per heavy atom. The SMILES string of the molecule is C=C(CN1Cc2c(ccc3ccc(NCC4CC4)cc23)C1=O)C(N)=O. The lowest BCUT2D eigenvalue weighted by Gasteiger charge is -2.15. The summed E-state index contributed by atoms with van der Waals surface area (Å²) in [6, 6.07) is 10.1. The maximum atomic E-state index is 12.6. The molecule has 0 bridgehead atoms. The molecule has 0 aromatic heterocycles. The standard InChI is InChI=1S/C20H21N3O2/c1-12(19(21)24)10-23-11-18-16(20(23)25)7-5-14-4-6-15(8-17(14)18)22-9-13-2-3-13/h4-8,13,22H,1-3,9-11H2,(H2,21,24). The van der Waals surface area contributed by atoms with Crippen LogP contribution in [-0.4, -0.2) is 29.8 Å². The number of carbonyl (C=O) groups is 2. The van der Waals surface area contributed by atoms with E-state index >= 15 is 0 Å². The zero-order valence-corrected chi connectivity index (χ0v) is 14.0. The average molecular weight is 335 g/mol. The Balaban J connectivity index is 1.64. The van der Waals surface area contributed by atoms with E-state index in [0.717, 1.165) is 34.5 Å². The number of hydrogen-bond acceptors (Lipinski definition) is 3. The quantitative estimate of drug-likeness (QED) is 0.797. The number of primary amides is 1. The average Bonchev–Trinajstić information content (AvgIpc) is 3.37. The number of fused-ring (bicyclic) bond motifs is 3. The monoisotopic (exact) mass is 335 g/mol. The molecular formula is C20H21N3O2. The van der Waals surface area contributed by atoms with Gasteiger partial charge < -0.3 is 16.0 Å². The fourth-order valence-electron chi connectivity index (χ4n) is 3.32. The van der Waals surface area contributed by atoms with Gasteiger partial charge in [-0.3, -0.25) is 9.59 Å². The van der Waals surface area contributed by atoms with E-state index in [9.17, 15) is 9.59 Å². The number of hydrogen-bond donors (Lipinski definition) is 2. The summed E-state index contributed by atoms with van der Waals surface area (Å²) in [6.07, 6.45) is 2.62. The van der Waals surface area contributed by atoms with Gasteiger partial charge in [0.05, 0.1) is 6.54 Å². The topological polar surface area (TPSA) is 75.4 Å². The molecule has 128 valence electrons. The van der Waals surface area contributed by atoms with Crippen LogP contribution in [0.2, 0.25) is 0 Å². The molecule has 2 aliphatic rings. The van der Waals surface area contributed by atoms with E-state index in [4.69, 9.17) is 5.73 Å². The molecule has 2 aromatic carbocycles. The molecule has 4 rings (SSSR count). The highest BCUT2D eigenvalue weighted by molar-refractivity contribution is 6.05. The Hall–Kier alpha value is -2.82.